The lowest BCUT2D eigenvalue weighted by atomic mass is 10.1. The minimum absolute atomic E-state index is 0.0259. The number of carbonyl (C=O) groups excluding carboxylic acids is 3. The van der Waals surface area contributed by atoms with Crippen molar-refractivity contribution < 1.29 is 14.4 Å². The maximum Gasteiger partial charge on any atom is 0.247 e. The van der Waals surface area contributed by atoms with Gasteiger partial charge in [-0.3, -0.25) is 24.6 Å². The third-order valence-electron chi connectivity index (χ3n) is 4.18. The van der Waals surface area contributed by atoms with Crippen molar-refractivity contribution in [1.29, 1.82) is 0 Å². The van der Waals surface area contributed by atoms with Crippen molar-refractivity contribution >= 4 is 17.7 Å². The lowest BCUT2D eigenvalue weighted by Gasteiger charge is -2.27. The highest BCUT2D eigenvalue weighted by Crippen LogP contribution is 2.21. The largest absolute Gasteiger partial charge is 0.355 e. The molecule has 20 heavy (non-hydrogen) atoms. The molecule has 2 N–H and O–H groups in total. The summed E-state index contributed by atoms with van der Waals surface area (Å²) >= 11 is 0. The van der Waals surface area contributed by atoms with Crippen molar-refractivity contribution in [3.8, 4) is 0 Å². The molecule has 2 atom stereocenters. The number of rotatable bonds is 5. The molecule has 6 nitrogen and oxygen atoms in total. The molecule has 0 spiro atoms. The fraction of sp³-hybridized carbons (Fsp3) is 0.786. The molecule has 3 amide bonds. The Hall–Kier alpha value is -1.43. The predicted octanol–water partition coefficient (Wildman–Crippen LogP) is 0.171. The van der Waals surface area contributed by atoms with Gasteiger partial charge < -0.3 is 5.32 Å². The van der Waals surface area contributed by atoms with E-state index in [9.17, 15) is 14.4 Å². The zero-order valence-electron chi connectivity index (χ0n) is 12.1. The normalized spacial score (nSPS) is 27.4. The van der Waals surface area contributed by atoms with Gasteiger partial charge in [-0.15, -0.1) is 0 Å². The van der Waals surface area contributed by atoms with Crippen LogP contribution in [0.2, 0.25) is 0 Å². The maximum absolute atomic E-state index is 12.4. The number of hydrogen-bond donors (Lipinski definition) is 2. The Morgan fingerprint density at radius 2 is 1.95 bits per heavy atom. The fourth-order valence-electron chi connectivity index (χ4n) is 2.99. The second kappa shape index (κ2) is 6.35. The number of piperidine rings is 1. The van der Waals surface area contributed by atoms with Gasteiger partial charge in [0.2, 0.25) is 17.7 Å². The molecule has 2 saturated heterocycles. The van der Waals surface area contributed by atoms with Crippen LogP contribution in [0, 0.1) is 0 Å². The minimum Gasteiger partial charge on any atom is -0.355 e. The molecule has 2 unspecified atom stereocenters. The second-order valence-corrected chi connectivity index (χ2v) is 5.48. The number of likely N-dealkylation sites (tertiary alicyclic amines) is 1. The highest BCUT2D eigenvalue weighted by atomic mass is 16.2. The zero-order chi connectivity index (χ0) is 14.7. The van der Waals surface area contributed by atoms with Crippen LogP contribution in [-0.4, -0.2) is 47.3 Å². The van der Waals surface area contributed by atoms with Gasteiger partial charge in [0.15, 0.2) is 0 Å². The first-order valence-electron chi connectivity index (χ1n) is 7.48. The summed E-state index contributed by atoms with van der Waals surface area (Å²) < 4.78 is 0. The van der Waals surface area contributed by atoms with E-state index in [1.165, 1.54) is 4.90 Å². The molecule has 0 aromatic heterocycles. The molecule has 0 bridgehead atoms. The number of nitrogens with zero attached hydrogens (tertiary/aromatic N) is 1. The third kappa shape index (κ3) is 2.85. The van der Waals surface area contributed by atoms with Crippen molar-refractivity contribution in [2.45, 2.75) is 64.1 Å². The second-order valence-electron chi connectivity index (χ2n) is 5.48. The van der Waals surface area contributed by atoms with Crippen molar-refractivity contribution in [1.82, 2.24) is 15.5 Å². The van der Waals surface area contributed by atoms with Gasteiger partial charge in [0.05, 0.1) is 18.5 Å². The lowest BCUT2D eigenvalue weighted by molar-refractivity contribution is -0.141. The van der Waals surface area contributed by atoms with E-state index in [2.05, 4.69) is 10.6 Å². The van der Waals surface area contributed by atoms with Crippen LogP contribution in [0.1, 0.15) is 46.0 Å². The Morgan fingerprint density at radius 1 is 1.25 bits per heavy atom. The Labute approximate surface area is 119 Å². The van der Waals surface area contributed by atoms with Crippen LogP contribution >= 0.6 is 0 Å². The fourth-order valence-corrected chi connectivity index (χ4v) is 2.99. The van der Waals surface area contributed by atoms with E-state index in [0.29, 0.717) is 6.54 Å². The molecule has 112 valence electrons. The molecule has 6 heteroatoms. The molecule has 0 aliphatic carbocycles. The molecule has 2 fully saturated rings. The average Bonchev–Trinajstić information content (AvgIpc) is 2.71. The highest BCUT2D eigenvalue weighted by Gasteiger charge is 2.42. The Kier molecular flexibility index (Phi) is 4.75. The predicted molar refractivity (Wildman–Crippen MR) is 73.8 cm³/mol. The highest BCUT2D eigenvalue weighted by molar-refractivity contribution is 6.06. The van der Waals surface area contributed by atoms with Crippen LogP contribution < -0.4 is 10.6 Å². The minimum atomic E-state index is -0.544. The van der Waals surface area contributed by atoms with Crippen molar-refractivity contribution in [2.75, 3.05) is 6.54 Å². The van der Waals surface area contributed by atoms with Crippen molar-refractivity contribution in [2.24, 2.45) is 0 Å². The average molecular weight is 281 g/mol. The number of amides is 3. The van der Waals surface area contributed by atoms with E-state index in [1.54, 1.807) is 0 Å². The summed E-state index contributed by atoms with van der Waals surface area (Å²) in [6.45, 7) is 4.64. The number of hydrogen-bond acceptors (Lipinski definition) is 4. The summed E-state index contributed by atoms with van der Waals surface area (Å²) in [5.74, 6) is -0.378. The van der Waals surface area contributed by atoms with E-state index < -0.39 is 6.04 Å². The van der Waals surface area contributed by atoms with Crippen LogP contribution in [0.4, 0.5) is 0 Å². The number of carbonyl (C=O) groups is 3. The van der Waals surface area contributed by atoms with Gasteiger partial charge in [0.1, 0.15) is 0 Å². The van der Waals surface area contributed by atoms with Gasteiger partial charge in [0.25, 0.3) is 0 Å². The van der Waals surface area contributed by atoms with Crippen LogP contribution in [-0.2, 0) is 14.4 Å². The standard InChI is InChI=1S/C14H23N3O3/c1-3-9(4-2)17-12(18)8-11(14(17)20)16-10-6-5-7-15-13(10)19/h9-11,16H,3-8H2,1-2H3,(H,15,19). The van der Waals surface area contributed by atoms with Gasteiger partial charge in [-0.25, -0.2) is 0 Å². The summed E-state index contributed by atoms with van der Waals surface area (Å²) in [6.07, 6.45) is 3.32. The monoisotopic (exact) mass is 281 g/mol. The van der Waals surface area contributed by atoms with E-state index in [4.69, 9.17) is 0 Å². The molecule has 2 aliphatic rings. The topological polar surface area (TPSA) is 78.5 Å². The van der Waals surface area contributed by atoms with Crippen LogP contribution in [0.15, 0.2) is 0 Å². The molecular formula is C14H23N3O3. The van der Waals surface area contributed by atoms with Crippen LogP contribution in [0.3, 0.4) is 0 Å². The smallest absolute Gasteiger partial charge is 0.247 e. The third-order valence-corrected chi connectivity index (χ3v) is 4.18. The first kappa shape index (κ1) is 15.0. The molecule has 0 radical (unpaired) electrons. The van der Waals surface area contributed by atoms with E-state index in [1.807, 2.05) is 13.8 Å². The maximum atomic E-state index is 12.4. The number of nitrogens with one attached hydrogen (secondary N) is 2. The van der Waals surface area contributed by atoms with E-state index >= 15 is 0 Å². The van der Waals surface area contributed by atoms with Gasteiger partial charge in [-0.1, -0.05) is 13.8 Å². The molecular weight excluding hydrogens is 258 g/mol. The summed E-state index contributed by atoms with van der Waals surface area (Å²) in [5.41, 5.74) is 0. The van der Waals surface area contributed by atoms with Gasteiger partial charge in [-0.05, 0) is 25.7 Å². The summed E-state index contributed by atoms with van der Waals surface area (Å²) in [5, 5.41) is 5.83. The van der Waals surface area contributed by atoms with Crippen LogP contribution in [0.25, 0.3) is 0 Å². The zero-order valence-corrected chi connectivity index (χ0v) is 12.1. The van der Waals surface area contributed by atoms with Crippen molar-refractivity contribution in [3.63, 3.8) is 0 Å². The quantitative estimate of drug-likeness (QED) is 0.704. The molecule has 0 aromatic rings. The summed E-state index contributed by atoms with van der Waals surface area (Å²) in [7, 11) is 0. The Morgan fingerprint density at radius 3 is 2.55 bits per heavy atom. The molecule has 2 rings (SSSR count). The first-order valence-corrected chi connectivity index (χ1v) is 7.48. The van der Waals surface area contributed by atoms with E-state index in [-0.39, 0.29) is 36.2 Å². The molecule has 2 aliphatic heterocycles. The number of imide groups is 1. The summed E-state index contributed by atoms with van der Waals surface area (Å²) in [6, 6.07) is -0.925. The first-order chi connectivity index (χ1) is 9.58. The lowest BCUT2D eigenvalue weighted by Crippen LogP contribution is -2.53. The van der Waals surface area contributed by atoms with Gasteiger partial charge in [0, 0.05) is 12.6 Å². The van der Waals surface area contributed by atoms with Crippen LogP contribution in [0.5, 0.6) is 0 Å². The Balaban J connectivity index is 2.02. The molecule has 2 heterocycles. The Bertz CT molecular complexity index is 406. The SMILES string of the molecule is CCC(CC)N1C(=O)CC(NC2CCCNC2=O)C1=O. The van der Waals surface area contributed by atoms with Crippen molar-refractivity contribution in [3.05, 3.63) is 0 Å². The van der Waals surface area contributed by atoms with Gasteiger partial charge >= 0.3 is 0 Å². The van der Waals surface area contributed by atoms with Gasteiger partial charge in [-0.2, -0.15) is 0 Å². The molecule has 0 saturated carbocycles. The molecule has 0 aromatic carbocycles. The summed E-state index contributed by atoms with van der Waals surface area (Å²) in [4.78, 5) is 37.5. The van der Waals surface area contributed by atoms with E-state index in [0.717, 1.165) is 25.7 Å².